The van der Waals surface area contributed by atoms with Crippen LogP contribution in [0.15, 0.2) is 41.2 Å². The monoisotopic (exact) mass is 624 g/mol. The summed E-state index contributed by atoms with van der Waals surface area (Å²) < 4.78 is 39.2. The molecule has 0 N–H and O–H groups in total. The molecule has 0 saturated carbocycles. The number of aromatic nitrogens is 4. The van der Waals surface area contributed by atoms with Crippen LogP contribution in [0, 0.1) is 11.6 Å². The first-order valence-corrected chi connectivity index (χ1v) is 15.2. The van der Waals surface area contributed by atoms with Crippen molar-refractivity contribution in [2.45, 2.75) is 65.8 Å². The van der Waals surface area contributed by atoms with E-state index in [0.29, 0.717) is 52.1 Å². The number of rotatable bonds is 9. The van der Waals surface area contributed by atoms with E-state index in [2.05, 4.69) is 36.7 Å². The van der Waals surface area contributed by atoms with Crippen molar-refractivity contribution in [1.82, 2.24) is 25.0 Å². The van der Waals surface area contributed by atoms with Crippen molar-refractivity contribution in [1.29, 1.82) is 0 Å². The van der Waals surface area contributed by atoms with E-state index in [0.717, 1.165) is 44.6 Å². The maximum absolute atomic E-state index is 14.8. The van der Waals surface area contributed by atoms with E-state index in [4.69, 9.17) is 4.52 Å². The van der Waals surface area contributed by atoms with Crippen molar-refractivity contribution >= 4 is 29.0 Å². The van der Waals surface area contributed by atoms with Crippen LogP contribution in [0.5, 0.6) is 0 Å². The first kappa shape index (κ1) is 35.2. The molecular weight excluding hydrogens is 582 g/mol. The molecule has 10 nitrogen and oxygen atoms in total. The highest BCUT2D eigenvalue weighted by Crippen LogP contribution is 2.36. The third-order valence-corrected chi connectivity index (χ3v) is 7.00. The molecule has 4 aromatic rings. The Balaban J connectivity index is 0.000000544. The Hall–Kier alpha value is -4.32. The van der Waals surface area contributed by atoms with Gasteiger partial charge >= 0.3 is 5.97 Å². The quantitative estimate of drug-likeness (QED) is 0.159. The van der Waals surface area contributed by atoms with Crippen LogP contribution in [0.2, 0.25) is 0 Å². The molecule has 1 aliphatic rings. The van der Waals surface area contributed by atoms with Gasteiger partial charge in [-0.2, -0.15) is 4.98 Å². The first-order valence-electron chi connectivity index (χ1n) is 15.2. The van der Waals surface area contributed by atoms with Gasteiger partial charge < -0.3 is 19.1 Å². The molecule has 12 heteroatoms. The van der Waals surface area contributed by atoms with E-state index >= 15 is 0 Å². The van der Waals surface area contributed by atoms with Crippen molar-refractivity contribution in [2.24, 2.45) is 0 Å². The summed E-state index contributed by atoms with van der Waals surface area (Å²) in [5, 5.41) is 4.80. The van der Waals surface area contributed by atoms with Crippen molar-refractivity contribution in [3.05, 3.63) is 65.6 Å². The fourth-order valence-corrected chi connectivity index (χ4v) is 5.03. The Kier molecular flexibility index (Phi) is 13.5. The normalized spacial score (nSPS) is 13.1. The van der Waals surface area contributed by atoms with Crippen LogP contribution in [-0.4, -0.2) is 71.1 Å². The van der Waals surface area contributed by atoms with Crippen LogP contribution >= 0.6 is 0 Å². The Morgan fingerprint density at radius 2 is 1.87 bits per heavy atom. The van der Waals surface area contributed by atoms with E-state index in [1.54, 1.807) is 6.07 Å². The van der Waals surface area contributed by atoms with Gasteiger partial charge in [0.05, 0.1) is 5.52 Å². The van der Waals surface area contributed by atoms with Gasteiger partial charge in [-0.25, -0.2) is 18.7 Å². The molecule has 1 saturated heterocycles. The zero-order chi connectivity index (χ0) is 32.9. The Morgan fingerprint density at radius 3 is 2.47 bits per heavy atom. The van der Waals surface area contributed by atoms with Crippen molar-refractivity contribution in [2.75, 3.05) is 38.7 Å². The van der Waals surface area contributed by atoms with E-state index in [1.165, 1.54) is 31.5 Å². The number of hydrogen-bond donors (Lipinski definition) is 0. The van der Waals surface area contributed by atoms with Crippen LogP contribution < -0.4 is 4.90 Å². The van der Waals surface area contributed by atoms with Gasteiger partial charge in [0.25, 0.3) is 0 Å². The van der Waals surface area contributed by atoms with Crippen LogP contribution in [0.4, 0.5) is 14.6 Å². The molecular formula is C33H42F2N6O4. The Labute approximate surface area is 262 Å². The van der Waals surface area contributed by atoms with Gasteiger partial charge in [0.15, 0.2) is 12.1 Å². The topological polar surface area (TPSA) is 115 Å². The number of anilines is 1. The average molecular weight is 625 g/mol. The molecule has 1 aliphatic heterocycles. The molecule has 5 rings (SSSR count). The number of benzene rings is 2. The molecule has 0 amide bonds. The second-order valence-electron chi connectivity index (χ2n) is 10.6. The lowest BCUT2D eigenvalue weighted by Gasteiger charge is -2.32. The first-order chi connectivity index (χ1) is 21.7. The second-order valence-corrected chi connectivity index (χ2v) is 10.6. The van der Waals surface area contributed by atoms with Crippen LogP contribution in [0.3, 0.4) is 0 Å². The smallest absolute Gasteiger partial charge is 0.303 e. The molecule has 0 spiro atoms. The summed E-state index contributed by atoms with van der Waals surface area (Å²) in [6.07, 6.45) is 5.47. The number of carbonyl (C=O) groups is 2. The summed E-state index contributed by atoms with van der Waals surface area (Å²) in [5.41, 5.74) is 2.33. The highest BCUT2D eigenvalue weighted by atomic mass is 19.1. The third kappa shape index (κ3) is 9.58. The van der Waals surface area contributed by atoms with Gasteiger partial charge in [-0.3, -0.25) is 9.59 Å². The van der Waals surface area contributed by atoms with E-state index < -0.39 is 11.8 Å². The Bertz CT molecular complexity index is 1550. The lowest BCUT2D eigenvalue weighted by atomic mass is 9.95. The van der Waals surface area contributed by atoms with Gasteiger partial charge in [-0.15, -0.1) is 0 Å². The van der Waals surface area contributed by atoms with Gasteiger partial charge in [0.2, 0.25) is 5.89 Å². The summed E-state index contributed by atoms with van der Waals surface area (Å²) in [4.78, 5) is 36.8. The maximum Gasteiger partial charge on any atom is 0.303 e. The zero-order valence-electron chi connectivity index (χ0n) is 26.8. The number of piperidine rings is 1. The Morgan fingerprint density at radius 1 is 1.13 bits per heavy atom. The van der Waals surface area contributed by atoms with Gasteiger partial charge in [-0.05, 0) is 57.1 Å². The molecule has 2 aromatic carbocycles. The summed E-state index contributed by atoms with van der Waals surface area (Å²) in [7, 11) is 3.78. The molecule has 0 radical (unpaired) electrons. The number of aryl methyl sites for hydroxylation is 1. The predicted molar refractivity (Wildman–Crippen MR) is 169 cm³/mol. The van der Waals surface area contributed by atoms with Gasteiger partial charge in [0, 0.05) is 55.4 Å². The lowest BCUT2D eigenvalue weighted by Crippen LogP contribution is -2.34. The number of fused-ring (bicyclic) bond motifs is 1. The fraction of sp³-hybridized carbons (Fsp3) is 0.455. The molecule has 0 atom stereocenters. The minimum atomic E-state index is -0.424. The third-order valence-electron chi connectivity index (χ3n) is 7.00. The number of aldehydes is 1. The molecule has 2 aromatic heterocycles. The zero-order valence-corrected chi connectivity index (χ0v) is 26.8. The predicted octanol–water partition coefficient (Wildman–Crippen LogP) is 6.13. The molecule has 242 valence electrons. The maximum atomic E-state index is 14.8. The summed E-state index contributed by atoms with van der Waals surface area (Å²) in [6, 6.07) is 7.90. The molecule has 0 unspecified atom stereocenters. The van der Waals surface area contributed by atoms with Crippen LogP contribution in [0.25, 0.3) is 22.0 Å². The molecule has 3 heterocycles. The SMILES string of the molecule is CC.CC(=O)OCC=O.CCCc1nc(C2CCN(c3ncnc4c(-c5ccc(CN(C)C)c(F)c5)cc(F)cc34)CC2)no1. The summed E-state index contributed by atoms with van der Waals surface area (Å²) in [5.74, 6) is 1.20. The molecule has 0 bridgehead atoms. The minimum Gasteiger partial charge on any atom is -0.458 e. The molecule has 0 aliphatic carbocycles. The second kappa shape index (κ2) is 17.2. The number of halogens is 2. The average Bonchev–Trinajstić information content (AvgIpc) is 3.50. The summed E-state index contributed by atoms with van der Waals surface area (Å²) in [6.45, 7) is 9.16. The minimum absolute atomic E-state index is 0.130. The molecule has 1 fully saturated rings. The highest BCUT2D eigenvalue weighted by molar-refractivity contribution is 5.99. The number of hydrogen-bond acceptors (Lipinski definition) is 10. The highest BCUT2D eigenvalue weighted by Gasteiger charge is 2.27. The number of carbonyl (C=O) groups excluding carboxylic acids is 2. The summed E-state index contributed by atoms with van der Waals surface area (Å²) >= 11 is 0. The lowest BCUT2D eigenvalue weighted by molar-refractivity contribution is -0.143. The van der Waals surface area contributed by atoms with Gasteiger partial charge in [0.1, 0.15) is 30.4 Å². The van der Waals surface area contributed by atoms with Crippen LogP contribution in [0.1, 0.15) is 70.2 Å². The van der Waals surface area contributed by atoms with Crippen LogP contribution in [-0.2, 0) is 27.3 Å². The van der Waals surface area contributed by atoms with Crippen molar-refractivity contribution in [3.8, 4) is 11.1 Å². The fourth-order valence-electron chi connectivity index (χ4n) is 5.03. The van der Waals surface area contributed by atoms with E-state index in [-0.39, 0.29) is 18.3 Å². The van der Waals surface area contributed by atoms with Crippen molar-refractivity contribution < 1.29 is 27.6 Å². The largest absolute Gasteiger partial charge is 0.458 e. The number of nitrogens with zero attached hydrogens (tertiary/aromatic N) is 6. The van der Waals surface area contributed by atoms with Gasteiger partial charge in [-0.1, -0.05) is 38.1 Å². The number of esters is 1. The number of ether oxygens (including phenoxy) is 1. The standard InChI is InChI=1S/C27H30F2N6O.C4H6O3.C2H6/c1-4-5-24-32-26(33-36-24)17-8-10-35(11-9-17)27-22-14-20(28)13-21(25(22)30-16-31-27)18-6-7-19(15-34(2)3)23(29)12-18;1-4(6)7-3-2-5;1-2/h6-7,12-14,16-17H,4-5,8-11,15H2,1-3H3;2H,3H2,1H3;1-2H3. The van der Waals surface area contributed by atoms with Crippen molar-refractivity contribution in [3.63, 3.8) is 0 Å². The van der Waals surface area contributed by atoms with E-state index in [9.17, 15) is 18.4 Å². The van der Waals surface area contributed by atoms with E-state index in [1.807, 2.05) is 38.9 Å². The molecule has 45 heavy (non-hydrogen) atoms.